The predicted octanol–water partition coefficient (Wildman–Crippen LogP) is 1.26. The highest BCUT2D eigenvalue weighted by molar-refractivity contribution is 7.89. The highest BCUT2D eigenvalue weighted by Crippen LogP contribution is 2.31. The van der Waals surface area contributed by atoms with E-state index in [1.165, 1.54) is 17.3 Å². The number of nitro groups is 1. The lowest BCUT2D eigenvalue weighted by Gasteiger charge is -2.20. The molecule has 0 aromatic heterocycles. The standard InChI is InChI=1S/C13H17N3O6S/c1-9(13(17)18)14-11-5-4-10(16(19)20)8-12(11)23(21,22)15-6-2-3-7-15/h4-5,8-9,14H,2-3,6-7H2,1H3,(H,17,18)/t9-/m0/s1. The maximum absolute atomic E-state index is 12.7. The molecular formula is C13H17N3O6S. The monoisotopic (exact) mass is 343 g/mol. The summed E-state index contributed by atoms with van der Waals surface area (Å²) >= 11 is 0. The van der Waals surface area contributed by atoms with Gasteiger partial charge in [0.25, 0.3) is 5.69 Å². The second kappa shape index (κ2) is 6.50. The minimum absolute atomic E-state index is 0.0393. The summed E-state index contributed by atoms with van der Waals surface area (Å²) in [5.41, 5.74) is -0.325. The van der Waals surface area contributed by atoms with Crippen molar-refractivity contribution in [1.29, 1.82) is 0 Å². The normalized spacial score (nSPS) is 16.9. The molecule has 23 heavy (non-hydrogen) atoms. The van der Waals surface area contributed by atoms with Crippen molar-refractivity contribution in [3.8, 4) is 0 Å². The van der Waals surface area contributed by atoms with Crippen LogP contribution in [0.3, 0.4) is 0 Å². The van der Waals surface area contributed by atoms with Crippen LogP contribution in [0.5, 0.6) is 0 Å². The molecule has 1 heterocycles. The second-order valence-electron chi connectivity index (χ2n) is 5.25. The largest absolute Gasteiger partial charge is 0.480 e. The summed E-state index contributed by atoms with van der Waals surface area (Å²) in [5.74, 6) is -1.16. The number of carbonyl (C=O) groups is 1. The number of nitro benzene ring substituents is 1. The Balaban J connectivity index is 2.50. The smallest absolute Gasteiger partial charge is 0.325 e. The van der Waals surface area contributed by atoms with Crippen LogP contribution >= 0.6 is 0 Å². The van der Waals surface area contributed by atoms with Crippen molar-refractivity contribution in [2.24, 2.45) is 0 Å². The SMILES string of the molecule is C[C@H](Nc1ccc([N+](=O)[O-])cc1S(=O)(=O)N1CCCC1)C(=O)O. The van der Waals surface area contributed by atoms with E-state index < -0.39 is 27.0 Å². The molecule has 1 aliphatic heterocycles. The zero-order chi connectivity index (χ0) is 17.2. The number of hydrogen-bond acceptors (Lipinski definition) is 6. The van der Waals surface area contributed by atoms with E-state index in [-0.39, 0.29) is 16.3 Å². The molecule has 0 unspecified atom stereocenters. The van der Waals surface area contributed by atoms with Gasteiger partial charge in [-0.05, 0) is 25.8 Å². The first-order valence-corrected chi connectivity index (χ1v) is 8.45. The van der Waals surface area contributed by atoms with Gasteiger partial charge in [-0.1, -0.05) is 0 Å². The van der Waals surface area contributed by atoms with E-state index in [2.05, 4.69) is 5.32 Å². The molecule has 0 aliphatic carbocycles. The Labute approximate surface area is 133 Å². The maximum Gasteiger partial charge on any atom is 0.325 e. The Morgan fingerprint density at radius 1 is 1.39 bits per heavy atom. The quantitative estimate of drug-likeness (QED) is 0.587. The topological polar surface area (TPSA) is 130 Å². The van der Waals surface area contributed by atoms with Gasteiger partial charge in [-0.25, -0.2) is 8.42 Å². The number of sulfonamides is 1. The fourth-order valence-electron chi connectivity index (χ4n) is 2.32. The zero-order valence-electron chi connectivity index (χ0n) is 12.4. The van der Waals surface area contributed by atoms with Crippen LogP contribution < -0.4 is 5.32 Å². The lowest BCUT2D eigenvalue weighted by molar-refractivity contribution is -0.385. The van der Waals surface area contributed by atoms with Crippen molar-refractivity contribution in [1.82, 2.24) is 4.31 Å². The van der Waals surface area contributed by atoms with Crippen molar-refractivity contribution >= 4 is 27.4 Å². The molecule has 0 spiro atoms. The van der Waals surface area contributed by atoms with Gasteiger partial charge >= 0.3 is 5.97 Å². The van der Waals surface area contributed by atoms with E-state index in [1.807, 2.05) is 0 Å². The Hall–Kier alpha value is -2.20. The number of carboxylic acid groups (broad SMARTS) is 1. The summed E-state index contributed by atoms with van der Waals surface area (Å²) in [6.45, 7) is 2.05. The third kappa shape index (κ3) is 3.59. The van der Waals surface area contributed by atoms with Gasteiger partial charge in [0.05, 0.1) is 10.6 Å². The van der Waals surface area contributed by atoms with E-state index >= 15 is 0 Å². The number of nitrogens with one attached hydrogen (secondary N) is 1. The van der Waals surface area contributed by atoms with Crippen LogP contribution in [0.2, 0.25) is 0 Å². The summed E-state index contributed by atoms with van der Waals surface area (Å²) in [4.78, 5) is 20.9. The molecule has 9 nitrogen and oxygen atoms in total. The van der Waals surface area contributed by atoms with Gasteiger partial charge in [0.15, 0.2) is 0 Å². The van der Waals surface area contributed by atoms with Crippen LogP contribution in [0, 0.1) is 10.1 Å². The second-order valence-corrected chi connectivity index (χ2v) is 7.16. The highest BCUT2D eigenvalue weighted by atomic mass is 32.2. The summed E-state index contributed by atoms with van der Waals surface area (Å²) in [6.07, 6.45) is 1.45. The lowest BCUT2D eigenvalue weighted by Crippen LogP contribution is -2.30. The van der Waals surface area contributed by atoms with Crippen LogP contribution in [-0.2, 0) is 14.8 Å². The van der Waals surface area contributed by atoms with Gasteiger partial charge in [0, 0.05) is 25.2 Å². The fourth-order valence-corrected chi connectivity index (χ4v) is 4.01. The van der Waals surface area contributed by atoms with Crippen LogP contribution in [0.1, 0.15) is 19.8 Å². The molecule has 0 bridgehead atoms. The van der Waals surface area contributed by atoms with Gasteiger partial charge < -0.3 is 10.4 Å². The van der Waals surface area contributed by atoms with Gasteiger partial charge in [0.1, 0.15) is 10.9 Å². The van der Waals surface area contributed by atoms with Crippen LogP contribution in [-0.4, -0.2) is 47.9 Å². The van der Waals surface area contributed by atoms with Gasteiger partial charge in [-0.15, -0.1) is 0 Å². The Morgan fingerprint density at radius 3 is 2.52 bits per heavy atom. The number of hydrogen-bond donors (Lipinski definition) is 2. The first-order valence-electron chi connectivity index (χ1n) is 7.01. The number of rotatable bonds is 6. The van der Waals surface area contributed by atoms with Crippen LogP contribution in [0.25, 0.3) is 0 Å². The van der Waals surface area contributed by atoms with Crippen molar-refractivity contribution in [2.75, 3.05) is 18.4 Å². The minimum atomic E-state index is -3.92. The Kier molecular flexibility index (Phi) is 4.85. The summed E-state index contributed by atoms with van der Waals surface area (Å²) in [7, 11) is -3.92. The van der Waals surface area contributed by atoms with E-state index in [4.69, 9.17) is 5.11 Å². The average molecular weight is 343 g/mol. The molecule has 1 atom stereocenters. The van der Waals surface area contributed by atoms with Crippen molar-refractivity contribution in [3.63, 3.8) is 0 Å². The van der Waals surface area contributed by atoms with Crippen molar-refractivity contribution < 1.29 is 23.2 Å². The number of nitrogens with zero attached hydrogens (tertiary/aromatic N) is 2. The van der Waals surface area contributed by atoms with Gasteiger partial charge in [-0.3, -0.25) is 14.9 Å². The van der Waals surface area contributed by atoms with E-state index in [0.717, 1.165) is 25.0 Å². The van der Waals surface area contributed by atoms with E-state index in [1.54, 1.807) is 0 Å². The third-order valence-electron chi connectivity index (χ3n) is 3.60. The van der Waals surface area contributed by atoms with E-state index in [9.17, 15) is 23.3 Å². The molecule has 126 valence electrons. The van der Waals surface area contributed by atoms with Crippen molar-refractivity contribution in [3.05, 3.63) is 28.3 Å². The summed E-state index contributed by atoms with van der Waals surface area (Å²) in [5, 5.41) is 22.5. The molecule has 0 amide bonds. The molecular weight excluding hydrogens is 326 g/mol. The minimum Gasteiger partial charge on any atom is -0.480 e. The first kappa shape index (κ1) is 17.2. The molecule has 1 aromatic rings. The zero-order valence-corrected chi connectivity index (χ0v) is 13.2. The molecule has 1 aromatic carbocycles. The molecule has 2 N–H and O–H groups in total. The van der Waals surface area contributed by atoms with Gasteiger partial charge in [-0.2, -0.15) is 4.31 Å². The Bertz CT molecular complexity index is 727. The molecule has 2 rings (SSSR count). The molecule has 1 saturated heterocycles. The molecule has 0 radical (unpaired) electrons. The number of carboxylic acids is 1. The molecule has 1 fully saturated rings. The van der Waals surface area contributed by atoms with Crippen molar-refractivity contribution in [2.45, 2.75) is 30.7 Å². The molecule has 1 aliphatic rings. The summed E-state index contributed by atoms with van der Waals surface area (Å²) in [6, 6.07) is 2.29. The number of aliphatic carboxylic acids is 1. The first-order chi connectivity index (χ1) is 10.7. The van der Waals surface area contributed by atoms with Gasteiger partial charge in [0.2, 0.25) is 10.0 Å². The van der Waals surface area contributed by atoms with E-state index in [0.29, 0.717) is 13.1 Å². The number of benzene rings is 1. The molecule has 10 heteroatoms. The van der Waals surface area contributed by atoms with Crippen LogP contribution in [0.4, 0.5) is 11.4 Å². The summed E-state index contributed by atoms with van der Waals surface area (Å²) < 4.78 is 26.6. The lowest BCUT2D eigenvalue weighted by atomic mass is 10.2. The average Bonchev–Trinajstić information content (AvgIpc) is 3.02. The predicted molar refractivity (Wildman–Crippen MR) is 81.8 cm³/mol. The maximum atomic E-state index is 12.7. The number of anilines is 1. The highest BCUT2D eigenvalue weighted by Gasteiger charge is 2.31. The molecule has 0 saturated carbocycles. The fraction of sp³-hybridized carbons (Fsp3) is 0.462. The van der Waals surface area contributed by atoms with Crippen LogP contribution in [0.15, 0.2) is 23.1 Å². The number of non-ortho nitro benzene ring substituents is 1. The Morgan fingerprint density at radius 2 is 2.00 bits per heavy atom. The third-order valence-corrected chi connectivity index (χ3v) is 5.54.